The maximum atomic E-state index is 12.1. The summed E-state index contributed by atoms with van der Waals surface area (Å²) in [5.74, 6) is -0.301. The van der Waals surface area contributed by atoms with Gasteiger partial charge in [-0.3, -0.25) is 0 Å². The molecule has 1 rings (SSSR count). The van der Waals surface area contributed by atoms with Gasteiger partial charge in [-0.05, 0) is 42.6 Å². The third-order valence-electron chi connectivity index (χ3n) is 2.94. The monoisotopic (exact) mass is 331 g/mol. The number of halogens is 1. The van der Waals surface area contributed by atoms with Crippen molar-refractivity contribution in [2.75, 3.05) is 12.3 Å². The molecule has 0 saturated heterocycles. The SMILES string of the molecule is [N-]=[N+]=NCCCCCC(O)CS(=O)(=O)c1ccc(Cl)cc1. The molecule has 0 heterocycles. The van der Waals surface area contributed by atoms with Gasteiger partial charge >= 0.3 is 0 Å². The molecule has 1 N–H and O–H groups in total. The second-order valence-corrected chi connectivity index (χ2v) is 7.16. The fraction of sp³-hybridized carbons (Fsp3) is 0.538. The summed E-state index contributed by atoms with van der Waals surface area (Å²) < 4.78 is 24.1. The van der Waals surface area contributed by atoms with E-state index in [2.05, 4.69) is 10.0 Å². The Hall–Kier alpha value is -1.27. The summed E-state index contributed by atoms with van der Waals surface area (Å²) in [6.07, 6.45) is 1.73. The van der Waals surface area contributed by atoms with Crippen molar-refractivity contribution in [3.05, 3.63) is 39.7 Å². The third-order valence-corrected chi connectivity index (χ3v) is 5.01. The van der Waals surface area contributed by atoms with Gasteiger partial charge in [0.1, 0.15) is 0 Å². The molecule has 0 aliphatic rings. The fourth-order valence-corrected chi connectivity index (χ4v) is 3.40. The van der Waals surface area contributed by atoms with E-state index < -0.39 is 15.9 Å². The summed E-state index contributed by atoms with van der Waals surface area (Å²) in [6.45, 7) is 0.426. The maximum Gasteiger partial charge on any atom is 0.180 e. The van der Waals surface area contributed by atoms with Gasteiger partial charge in [0, 0.05) is 16.5 Å². The number of hydrogen-bond acceptors (Lipinski definition) is 4. The first kappa shape index (κ1) is 17.8. The number of sulfone groups is 1. The van der Waals surface area contributed by atoms with Crippen LogP contribution < -0.4 is 0 Å². The first-order valence-electron chi connectivity index (χ1n) is 6.63. The molecule has 1 atom stereocenters. The zero-order valence-corrected chi connectivity index (χ0v) is 13.1. The Morgan fingerprint density at radius 3 is 2.52 bits per heavy atom. The number of benzene rings is 1. The van der Waals surface area contributed by atoms with Crippen LogP contribution in [-0.2, 0) is 9.84 Å². The van der Waals surface area contributed by atoms with Gasteiger partial charge in [-0.15, -0.1) is 0 Å². The molecule has 0 amide bonds. The Balaban J connectivity index is 2.40. The first-order chi connectivity index (χ1) is 9.95. The number of hydrogen-bond donors (Lipinski definition) is 1. The molecule has 0 saturated carbocycles. The predicted octanol–water partition coefficient (Wildman–Crippen LogP) is 3.35. The quantitative estimate of drug-likeness (QED) is 0.325. The van der Waals surface area contributed by atoms with Crippen LogP contribution in [0.4, 0.5) is 0 Å². The van der Waals surface area contributed by atoms with E-state index in [9.17, 15) is 13.5 Å². The van der Waals surface area contributed by atoms with E-state index in [0.29, 0.717) is 24.4 Å². The topological polar surface area (TPSA) is 103 Å². The molecule has 0 spiro atoms. The molecular weight excluding hydrogens is 314 g/mol. The lowest BCUT2D eigenvalue weighted by atomic mass is 10.1. The van der Waals surface area contributed by atoms with Crippen molar-refractivity contribution >= 4 is 21.4 Å². The van der Waals surface area contributed by atoms with Crippen molar-refractivity contribution in [2.24, 2.45) is 5.11 Å². The average molecular weight is 332 g/mol. The van der Waals surface area contributed by atoms with Gasteiger partial charge in [0.2, 0.25) is 0 Å². The Kier molecular flexibility index (Phi) is 7.53. The van der Waals surface area contributed by atoms with Crippen molar-refractivity contribution < 1.29 is 13.5 Å². The molecule has 8 heteroatoms. The Bertz CT molecular complexity index is 583. The van der Waals surface area contributed by atoms with E-state index in [0.717, 1.165) is 12.8 Å². The van der Waals surface area contributed by atoms with Crippen molar-refractivity contribution in [3.8, 4) is 0 Å². The zero-order valence-electron chi connectivity index (χ0n) is 11.5. The smallest absolute Gasteiger partial charge is 0.180 e. The molecule has 1 aromatic rings. The van der Waals surface area contributed by atoms with Gasteiger partial charge in [-0.25, -0.2) is 8.42 Å². The van der Waals surface area contributed by atoms with E-state index in [1.54, 1.807) is 0 Å². The normalized spacial score (nSPS) is 12.7. The highest BCUT2D eigenvalue weighted by molar-refractivity contribution is 7.91. The lowest BCUT2D eigenvalue weighted by Gasteiger charge is -2.11. The zero-order chi connectivity index (χ0) is 15.7. The van der Waals surface area contributed by atoms with Crippen LogP contribution in [0.5, 0.6) is 0 Å². The summed E-state index contributed by atoms with van der Waals surface area (Å²) in [4.78, 5) is 2.80. The molecule has 6 nitrogen and oxygen atoms in total. The molecule has 0 aliphatic heterocycles. The number of aliphatic hydroxyl groups is 1. The molecule has 116 valence electrons. The van der Waals surface area contributed by atoms with Crippen molar-refractivity contribution in [3.63, 3.8) is 0 Å². The Labute approximate surface area is 129 Å². The van der Waals surface area contributed by atoms with Gasteiger partial charge in [0.15, 0.2) is 9.84 Å². The molecular formula is C13H18ClN3O3S. The number of rotatable bonds is 9. The van der Waals surface area contributed by atoms with E-state index >= 15 is 0 Å². The summed E-state index contributed by atoms with van der Waals surface area (Å²) in [6, 6.07) is 5.89. The van der Waals surface area contributed by atoms with Crippen LogP contribution in [-0.4, -0.2) is 31.9 Å². The number of unbranched alkanes of at least 4 members (excludes halogenated alkanes) is 2. The van der Waals surface area contributed by atoms with Crippen LogP contribution in [0.3, 0.4) is 0 Å². The predicted molar refractivity (Wildman–Crippen MR) is 82.0 cm³/mol. The van der Waals surface area contributed by atoms with Crippen molar-refractivity contribution in [1.82, 2.24) is 0 Å². The summed E-state index contributed by atoms with van der Waals surface area (Å²) in [5, 5.41) is 13.7. The Morgan fingerprint density at radius 1 is 1.24 bits per heavy atom. The van der Waals surface area contributed by atoms with Crippen LogP contribution in [0.25, 0.3) is 10.4 Å². The van der Waals surface area contributed by atoms with Crippen LogP contribution in [0.15, 0.2) is 34.3 Å². The van der Waals surface area contributed by atoms with Gasteiger partial charge in [-0.1, -0.05) is 29.6 Å². The molecule has 0 aliphatic carbocycles. The molecule has 0 aromatic heterocycles. The third kappa shape index (κ3) is 6.82. The minimum Gasteiger partial charge on any atom is -0.392 e. The molecule has 1 aromatic carbocycles. The van der Waals surface area contributed by atoms with Crippen molar-refractivity contribution in [2.45, 2.75) is 36.7 Å². The van der Waals surface area contributed by atoms with E-state index in [1.165, 1.54) is 24.3 Å². The van der Waals surface area contributed by atoms with E-state index in [-0.39, 0.29) is 10.6 Å². The standard InChI is InChI=1S/C13H18ClN3O3S/c14-11-5-7-13(8-6-11)21(19,20)10-12(18)4-2-1-3-9-16-17-15/h5-8,12,18H,1-4,9-10H2. The lowest BCUT2D eigenvalue weighted by molar-refractivity contribution is 0.183. The summed E-state index contributed by atoms with van der Waals surface area (Å²) in [7, 11) is -3.50. The highest BCUT2D eigenvalue weighted by atomic mass is 35.5. The maximum absolute atomic E-state index is 12.1. The first-order valence-corrected chi connectivity index (χ1v) is 8.66. The minimum absolute atomic E-state index is 0.161. The Morgan fingerprint density at radius 2 is 1.90 bits per heavy atom. The van der Waals surface area contributed by atoms with Gasteiger partial charge in [0.05, 0.1) is 16.8 Å². The van der Waals surface area contributed by atoms with Gasteiger partial charge in [0.25, 0.3) is 0 Å². The van der Waals surface area contributed by atoms with Crippen LogP contribution in [0, 0.1) is 0 Å². The largest absolute Gasteiger partial charge is 0.392 e. The van der Waals surface area contributed by atoms with Crippen LogP contribution >= 0.6 is 11.6 Å². The number of nitrogens with zero attached hydrogens (tertiary/aromatic N) is 3. The molecule has 21 heavy (non-hydrogen) atoms. The average Bonchev–Trinajstić information content (AvgIpc) is 2.42. The van der Waals surface area contributed by atoms with Gasteiger partial charge in [-0.2, -0.15) is 0 Å². The highest BCUT2D eigenvalue weighted by Gasteiger charge is 2.19. The molecule has 1 unspecified atom stereocenters. The second-order valence-electron chi connectivity index (χ2n) is 4.69. The summed E-state index contributed by atoms with van der Waals surface area (Å²) in [5.41, 5.74) is 8.11. The van der Waals surface area contributed by atoms with E-state index in [1.807, 2.05) is 0 Å². The molecule has 0 bridgehead atoms. The van der Waals surface area contributed by atoms with Gasteiger partial charge < -0.3 is 5.11 Å². The highest BCUT2D eigenvalue weighted by Crippen LogP contribution is 2.17. The molecule has 0 fully saturated rings. The number of aliphatic hydroxyl groups excluding tert-OH is 1. The molecule has 0 radical (unpaired) electrons. The second kappa shape index (κ2) is 8.89. The van der Waals surface area contributed by atoms with Crippen molar-refractivity contribution in [1.29, 1.82) is 0 Å². The van der Waals surface area contributed by atoms with E-state index in [4.69, 9.17) is 17.1 Å². The van der Waals surface area contributed by atoms with Crippen LogP contribution in [0.2, 0.25) is 5.02 Å². The minimum atomic E-state index is -3.50. The van der Waals surface area contributed by atoms with Crippen LogP contribution in [0.1, 0.15) is 25.7 Å². The summed E-state index contributed by atoms with van der Waals surface area (Å²) >= 11 is 5.71. The fourth-order valence-electron chi connectivity index (χ4n) is 1.86. The lowest BCUT2D eigenvalue weighted by Crippen LogP contribution is -2.21. The number of azide groups is 1.